The molecule has 3 heterocycles. The molecule has 1 aliphatic heterocycles. The highest BCUT2D eigenvalue weighted by atomic mass is 31.2. The average molecular weight is 609 g/mol. The van der Waals surface area contributed by atoms with E-state index in [0.717, 1.165) is 6.92 Å². The van der Waals surface area contributed by atoms with Crippen LogP contribution in [0.4, 0.5) is 10.2 Å². The molecule has 1 amide bonds. The van der Waals surface area contributed by atoms with Crippen LogP contribution < -0.4 is 14.9 Å². The van der Waals surface area contributed by atoms with Crippen molar-refractivity contribution < 1.29 is 42.2 Å². The highest BCUT2D eigenvalue weighted by Gasteiger charge is 2.56. The van der Waals surface area contributed by atoms with Gasteiger partial charge in [0.05, 0.1) is 19.0 Å². The SMILES string of the molecule is CC(=O)Nc1nc(C)nc2c1ncn2[C@@H]1O[C@H](COP(=O)(N[C@@H](C)C(=O)OC(C)C)Oc2ccccc2)[C@@H](O)[C@@]1(C)F. The predicted molar refractivity (Wildman–Crippen MR) is 148 cm³/mol. The van der Waals surface area contributed by atoms with Crippen molar-refractivity contribution in [2.45, 2.75) is 77.8 Å². The van der Waals surface area contributed by atoms with Crippen LogP contribution in [0.3, 0.4) is 0 Å². The first-order chi connectivity index (χ1) is 19.7. The summed E-state index contributed by atoms with van der Waals surface area (Å²) in [5.74, 6) is -0.484. The first kappa shape index (κ1) is 31.4. The Kier molecular flexibility index (Phi) is 9.28. The molecule has 1 fully saturated rings. The van der Waals surface area contributed by atoms with Gasteiger partial charge in [-0.25, -0.2) is 23.9 Å². The molecule has 16 heteroatoms. The van der Waals surface area contributed by atoms with E-state index in [1.165, 1.54) is 36.9 Å². The molecule has 1 saturated heterocycles. The van der Waals surface area contributed by atoms with Crippen molar-refractivity contribution in [3.05, 3.63) is 42.5 Å². The Labute approximate surface area is 241 Å². The van der Waals surface area contributed by atoms with Crippen LogP contribution in [0.15, 0.2) is 36.7 Å². The number of para-hydroxylation sites is 1. The molecule has 1 aliphatic rings. The number of rotatable bonds is 11. The maximum Gasteiger partial charge on any atom is 0.459 e. The fourth-order valence-corrected chi connectivity index (χ4v) is 5.81. The summed E-state index contributed by atoms with van der Waals surface area (Å²) in [7, 11) is -4.31. The highest BCUT2D eigenvalue weighted by Crippen LogP contribution is 2.48. The summed E-state index contributed by atoms with van der Waals surface area (Å²) in [6, 6.07) is 6.99. The minimum atomic E-state index is -4.31. The van der Waals surface area contributed by atoms with E-state index < -0.39 is 56.6 Å². The third-order valence-electron chi connectivity index (χ3n) is 6.23. The highest BCUT2D eigenvalue weighted by molar-refractivity contribution is 7.52. The lowest BCUT2D eigenvalue weighted by molar-refractivity contribution is -0.149. The maximum atomic E-state index is 16.1. The molecule has 1 unspecified atom stereocenters. The van der Waals surface area contributed by atoms with Crippen molar-refractivity contribution in [3.63, 3.8) is 0 Å². The van der Waals surface area contributed by atoms with E-state index in [4.69, 9.17) is 18.5 Å². The number of anilines is 1. The molecule has 3 N–H and O–H groups in total. The van der Waals surface area contributed by atoms with E-state index in [-0.39, 0.29) is 34.5 Å². The fraction of sp³-hybridized carbons (Fsp3) is 0.500. The van der Waals surface area contributed by atoms with Crippen LogP contribution in [-0.2, 0) is 28.2 Å². The van der Waals surface area contributed by atoms with Crippen LogP contribution >= 0.6 is 7.75 Å². The van der Waals surface area contributed by atoms with Gasteiger partial charge in [-0.3, -0.25) is 18.7 Å². The molecule has 4 rings (SSSR count). The molecular formula is C26H34FN6O8P. The van der Waals surface area contributed by atoms with Crippen molar-refractivity contribution in [1.29, 1.82) is 0 Å². The van der Waals surface area contributed by atoms with E-state index in [0.29, 0.717) is 0 Å². The number of fused-ring (bicyclic) bond motifs is 1. The number of aliphatic hydroxyl groups is 1. The van der Waals surface area contributed by atoms with Crippen LogP contribution in [0.5, 0.6) is 5.75 Å². The average Bonchev–Trinajstić information content (AvgIpc) is 3.40. The third-order valence-corrected chi connectivity index (χ3v) is 7.88. The number of aryl methyl sites for hydroxylation is 1. The predicted octanol–water partition coefficient (Wildman–Crippen LogP) is 3.21. The molecule has 0 saturated carbocycles. The first-order valence-corrected chi connectivity index (χ1v) is 14.7. The number of halogens is 1. The fourth-order valence-electron chi connectivity index (χ4n) is 4.31. The van der Waals surface area contributed by atoms with Crippen LogP contribution in [-0.4, -0.2) is 73.1 Å². The lowest BCUT2D eigenvalue weighted by Crippen LogP contribution is -2.41. The number of aromatic nitrogens is 4. The maximum absolute atomic E-state index is 16.1. The van der Waals surface area contributed by atoms with Gasteiger partial charge in [0.1, 0.15) is 29.8 Å². The van der Waals surface area contributed by atoms with Crippen LogP contribution in [0.1, 0.15) is 46.7 Å². The van der Waals surface area contributed by atoms with E-state index in [1.807, 2.05) is 0 Å². The zero-order valence-electron chi connectivity index (χ0n) is 24.0. The standard InChI is InChI=1S/C26H34FN6O8P/c1-14(2)39-24(36)15(3)32-42(37,41-18-10-8-7-9-11-18)38-12-19-21(35)26(6,27)25(40-19)33-13-28-20-22(31-17(5)34)29-16(4)30-23(20)33/h7-11,13-15,19,21,25,35H,12H2,1-6H3,(H,32,37)(H,29,30,31,34)/t15-,19+,21+,25+,26+,42?/m0/s1. The third kappa shape index (κ3) is 6.93. The second kappa shape index (κ2) is 12.4. The number of imidazole rings is 1. The molecule has 0 bridgehead atoms. The Morgan fingerprint density at radius 1 is 1.24 bits per heavy atom. The van der Waals surface area contributed by atoms with Crippen LogP contribution in [0.2, 0.25) is 0 Å². The molecule has 3 aromatic rings. The number of nitrogens with zero attached hydrogens (tertiary/aromatic N) is 4. The first-order valence-electron chi connectivity index (χ1n) is 13.2. The number of amides is 1. The van der Waals surface area contributed by atoms with Gasteiger partial charge in [0, 0.05) is 6.92 Å². The molecule has 228 valence electrons. The number of benzene rings is 1. The molecular weight excluding hydrogens is 574 g/mol. The number of esters is 1. The minimum Gasteiger partial charge on any atom is -0.462 e. The number of hydrogen-bond donors (Lipinski definition) is 3. The van der Waals surface area contributed by atoms with E-state index >= 15 is 4.39 Å². The second-order valence-corrected chi connectivity index (χ2v) is 12.0. The summed E-state index contributed by atoms with van der Waals surface area (Å²) in [6.45, 7) is 8.21. The van der Waals surface area contributed by atoms with Gasteiger partial charge in [-0.15, -0.1) is 0 Å². The van der Waals surface area contributed by atoms with Crippen molar-refractivity contribution in [2.24, 2.45) is 0 Å². The largest absolute Gasteiger partial charge is 0.462 e. The van der Waals surface area contributed by atoms with Crippen molar-refractivity contribution in [1.82, 2.24) is 24.6 Å². The van der Waals surface area contributed by atoms with Crippen LogP contribution in [0, 0.1) is 6.92 Å². The second-order valence-electron chi connectivity index (χ2n) is 10.3. The number of ether oxygens (including phenoxy) is 2. The molecule has 1 aromatic carbocycles. The van der Waals surface area contributed by atoms with E-state index in [2.05, 4.69) is 25.4 Å². The zero-order valence-corrected chi connectivity index (χ0v) is 24.9. The lowest BCUT2D eigenvalue weighted by atomic mass is 9.98. The number of hydrogen-bond acceptors (Lipinski definition) is 11. The quantitative estimate of drug-likeness (QED) is 0.214. The van der Waals surface area contributed by atoms with Crippen molar-refractivity contribution in [3.8, 4) is 5.75 Å². The summed E-state index contributed by atoms with van der Waals surface area (Å²) in [5.41, 5.74) is -2.04. The Morgan fingerprint density at radius 2 is 1.93 bits per heavy atom. The molecule has 42 heavy (non-hydrogen) atoms. The van der Waals surface area contributed by atoms with Crippen molar-refractivity contribution in [2.75, 3.05) is 11.9 Å². The van der Waals surface area contributed by atoms with Gasteiger partial charge in [-0.1, -0.05) is 18.2 Å². The minimum absolute atomic E-state index is 0.137. The van der Waals surface area contributed by atoms with E-state index in [9.17, 15) is 19.3 Å². The van der Waals surface area contributed by atoms with Gasteiger partial charge in [0.2, 0.25) is 5.91 Å². The summed E-state index contributed by atoms with van der Waals surface area (Å²) >= 11 is 0. The lowest BCUT2D eigenvalue weighted by Gasteiger charge is -2.25. The molecule has 14 nitrogen and oxygen atoms in total. The van der Waals surface area contributed by atoms with E-state index in [1.54, 1.807) is 39.0 Å². The topological polar surface area (TPSA) is 176 Å². The Morgan fingerprint density at radius 3 is 2.57 bits per heavy atom. The smallest absolute Gasteiger partial charge is 0.459 e. The van der Waals surface area contributed by atoms with Gasteiger partial charge in [0.15, 0.2) is 28.9 Å². The van der Waals surface area contributed by atoms with Gasteiger partial charge >= 0.3 is 13.7 Å². The number of nitrogens with one attached hydrogen (secondary N) is 2. The number of alkyl halides is 1. The summed E-state index contributed by atoms with van der Waals surface area (Å²) in [4.78, 5) is 36.8. The number of aliphatic hydroxyl groups excluding tert-OH is 1. The number of carbonyl (C=O) groups excluding carboxylic acids is 2. The van der Waals surface area contributed by atoms with Crippen molar-refractivity contribution >= 4 is 36.6 Å². The van der Waals surface area contributed by atoms with Crippen LogP contribution in [0.25, 0.3) is 11.2 Å². The molecule has 0 radical (unpaired) electrons. The summed E-state index contributed by atoms with van der Waals surface area (Å²) in [6.07, 6.45) is -3.66. The van der Waals surface area contributed by atoms with Gasteiger partial charge in [-0.05, 0) is 46.8 Å². The normalized spacial score (nSPS) is 24.4. The monoisotopic (exact) mass is 608 g/mol. The van der Waals surface area contributed by atoms with Gasteiger partial charge in [0.25, 0.3) is 0 Å². The Balaban J connectivity index is 1.57. The molecule has 6 atom stereocenters. The Bertz CT molecular complexity index is 1490. The zero-order chi connectivity index (χ0) is 30.8. The Hall–Kier alpha value is -3.49. The summed E-state index contributed by atoms with van der Waals surface area (Å²) < 4.78 is 53.4. The summed E-state index contributed by atoms with van der Waals surface area (Å²) in [5, 5.41) is 16.0. The van der Waals surface area contributed by atoms with Gasteiger partial charge < -0.3 is 24.4 Å². The molecule has 0 spiro atoms. The molecule has 0 aliphatic carbocycles. The number of carbonyl (C=O) groups is 2. The van der Waals surface area contributed by atoms with Gasteiger partial charge in [-0.2, -0.15) is 5.09 Å². The molecule has 2 aromatic heterocycles.